The second kappa shape index (κ2) is 8.09. The normalized spacial score (nSPS) is 13.6. The summed E-state index contributed by atoms with van der Waals surface area (Å²) in [6.07, 6.45) is 2.90. The number of nitro groups is 1. The van der Waals surface area contributed by atoms with Crippen LogP contribution >= 0.6 is 0 Å². The van der Waals surface area contributed by atoms with Crippen LogP contribution in [0.15, 0.2) is 47.8 Å². The highest BCUT2D eigenvalue weighted by Crippen LogP contribution is 2.32. The predicted octanol–water partition coefficient (Wildman–Crippen LogP) is 2.70. The molecule has 1 heterocycles. The molecule has 0 unspecified atom stereocenters. The van der Waals surface area contributed by atoms with Crippen LogP contribution in [0.5, 0.6) is 0 Å². The van der Waals surface area contributed by atoms with E-state index in [1.165, 1.54) is 35.5 Å². The maximum Gasteiger partial charge on any atom is 0.335 e. The molecule has 1 aromatic carbocycles. The van der Waals surface area contributed by atoms with Crippen molar-refractivity contribution in [3.63, 3.8) is 0 Å². The Morgan fingerprint density at radius 1 is 1.08 bits per heavy atom. The van der Waals surface area contributed by atoms with Crippen molar-refractivity contribution < 1.29 is 24.0 Å². The molecule has 8 heteroatoms. The number of para-hydroxylation sites is 2. The zero-order chi connectivity index (χ0) is 18.4. The molecule has 0 atom stereocenters. The van der Waals surface area contributed by atoms with Crippen LogP contribution in [-0.2, 0) is 19.1 Å². The van der Waals surface area contributed by atoms with Crippen molar-refractivity contribution in [2.75, 3.05) is 18.1 Å². The Hall–Kier alpha value is -3.16. The summed E-state index contributed by atoms with van der Waals surface area (Å²) in [5.41, 5.74) is 0.509. The van der Waals surface area contributed by atoms with Gasteiger partial charge in [-0.25, -0.2) is 9.59 Å². The van der Waals surface area contributed by atoms with Crippen molar-refractivity contribution in [1.29, 1.82) is 0 Å². The van der Waals surface area contributed by atoms with Crippen molar-refractivity contribution in [2.45, 2.75) is 20.3 Å². The van der Waals surface area contributed by atoms with Gasteiger partial charge in [-0.15, -0.1) is 0 Å². The van der Waals surface area contributed by atoms with Gasteiger partial charge in [0.05, 0.1) is 29.3 Å². The second-order valence-electron chi connectivity index (χ2n) is 5.08. The van der Waals surface area contributed by atoms with E-state index < -0.39 is 16.9 Å². The number of benzene rings is 1. The van der Waals surface area contributed by atoms with Crippen LogP contribution in [0.2, 0.25) is 0 Å². The lowest BCUT2D eigenvalue weighted by molar-refractivity contribution is -0.384. The van der Waals surface area contributed by atoms with E-state index in [4.69, 9.17) is 9.47 Å². The molecule has 132 valence electrons. The van der Waals surface area contributed by atoms with Gasteiger partial charge in [0.15, 0.2) is 0 Å². The summed E-state index contributed by atoms with van der Waals surface area (Å²) in [4.78, 5) is 36.3. The van der Waals surface area contributed by atoms with Crippen LogP contribution in [0.4, 0.5) is 11.4 Å². The highest BCUT2D eigenvalue weighted by atomic mass is 16.6. The van der Waals surface area contributed by atoms with Crippen molar-refractivity contribution in [2.24, 2.45) is 0 Å². The third-order valence-electron chi connectivity index (χ3n) is 3.40. The maximum atomic E-state index is 12.1. The van der Waals surface area contributed by atoms with E-state index in [1.54, 1.807) is 19.9 Å². The van der Waals surface area contributed by atoms with Crippen molar-refractivity contribution >= 4 is 23.3 Å². The number of nitrogens with zero attached hydrogens (tertiary/aromatic N) is 2. The van der Waals surface area contributed by atoms with E-state index in [0.29, 0.717) is 0 Å². The van der Waals surface area contributed by atoms with Crippen LogP contribution in [0, 0.1) is 10.1 Å². The highest BCUT2D eigenvalue weighted by molar-refractivity contribution is 5.97. The number of rotatable bonds is 6. The Bertz CT molecular complexity index is 719. The summed E-state index contributed by atoms with van der Waals surface area (Å²) in [6, 6.07) is 6.05. The van der Waals surface area contributed by atoms with E-state index >= 15 is 0 Å². The Kier molecular flexibility index (Phi) is 5.89. The third kappa shape index (κ3) is 4.23. The van der Waals surface area contributed by atoms with E-state index in [2.05, 4.69) is 0 Å². The van der Waals surface area contributed by atoms with Crippen LogP contribution in [0.3, 0.4) is 0 Å². The topological polar surface area (TPSA) is 99.0 Å². The molecule has 1 aliphatic rings. The summed E-state index contributed by atoms with van der Waals surface area (Å²) in [5.74, 6) is -1.16. The third-order valence-corrected chi connectivity index (χ3v) is 3.40. The van der Waals surface area contributed by atoms with Gasteiger partial charge in [-0.1, -0.05) is 12.1 Å². The van der Waals surface area contributed by atoms with Gasteiger partial charge in [0.1, 0.15) is 5.69 Å². The first-order valence-corrected chi connectivity index (χ1v) is 7.75. The number of hydrogen-bond acceptors (Lipinski definition) is 7. The minimum atomic E-state index is -0.582. The average Bonchev–Trinajstić information content (AvgIpc) is 2.61. The highest BCUT2D eigenvalue weighted by Gasteiger charge is 2.27. The number of anilines is 1. The monoisotopic (exact) mass is 346 g/mol. The van der Waals surface area contributed by atoms with Gasteiger partial charge in [-0.2, -0.15) is 0 Å². The van der Waals surface area contributed by atoms with Crippen LogP contribution in [0.1, 0.15) is 20.3 Å². The number of hydrogen-bond donors (Lipinski definition) is 0. The van der Waals surface area contributed by atoms with Gasteiger partial charge in [0.2, 0.25) is 0 Å². The lowest BCUT2D eigenvalue weighted by atomic mass is 10.0. The standard InChI is InChI=1S/C17H18N2O6/c1-3-24-16(20)12-9-13(17(21)25-4-2)11-18(10-12)14-7-5-6-8-15(14)19(22)23/h5-8,10-11H,3-4,9H2,1-2H3. The minimum Gasteiger partial charge on any atom is -0.463 e. The van der Waals surface area contributed by atoms with Gasteiger partial charge in [-0.3, -0.25) is 10.1 Å². The summed E-state index contributed by atoms with van der Waals surface area (Å²) in [5, 5.41) is 11.3. The molecule has 0 saturated carbocycles. The molecule has 2 rings (SSSR count). The molecule has 1 aromatic rings. The smallest absolute Gasteiger partial charge is 0.335 e. The summed E-state index contributed by atoms with van der Waals surface area (Å²) < 4.78 is 9.97. The van der Waals surface area contributed by atoms with E-state index in [9.17, 15) is 19.7 Å². The molecule has 0 aliphatic carbocycles. The first kappa shape index (κ1) is 18.2. The second-order valence-corrected chi connectivity index (χ2v) is 5.08. The zero-order valence-electron chi connectivity index (χ0n) is 13.9. The van der Waals surface area contributed by atoms with Crippen molar-refractivity contribution in [1.82, 2.24) is 0 Å². The molecule has 8 nitrogen and oxygen atoms in total. The quantitative estimate of drug-likeness (QED) is 0.443. The fourth-order valence-corrected chi connectivity index (χ4v) is 2.34. The zero-order valence-corrected chi connectivity index (χ0v) is 13.9. The molecule has 25 heavy (non-hydrogen) atoms. The summed E-state index contributed by atoms with van der Waals surface area (Å²) in [7, 11) is 0. The van der Waals surface area contributed by atoms with Gasteiger partial charge in [0, 0.05) is 24.9 Å². The molecule has 0 N–H and O–H groups in total. The Balaban J connectivity index is 2.47. The maximum absolute atomic E-state index is 12.1. The summed E-state index contributed by atoms with van der Waals surface area (Å²) >= 11 is 0. The lowest BCUT2D eigenvalue weighted by Crippen LogP contribution is -2.23. The predicted molar refractivity (Wildman–Crippen MR) is 89.6 cm³/mol. The Morgan fingerprint density at radius 3 is 2.08 bits per heavy atom. The van der Waals surface area contributed by atoms with Crippen LogP contribution < -0.4 is 4.90 Å². The number of carbonyl (C=O) groups excluding carboxylic acids is 2. The van der Waals surface area contributed by atoms with Gasteiger partial charge < -0.3 is 14.4 Å². The molecule has 1 aliphatic heterocycles. The first-order valence-electron chi connectivity index (χ1n) is 7.75. The summed E-state index contributed by atoms with van der Waals surface area (Å²) in [6.45, 7) is 3.70. The molecule has 0 bridgehead atoms. The van der Waals surface area contributed by atoms with Crippen LogP contribution in [0.25, 0.3) is 0 Å². The largest absolute Gasteiger partial charge is 0.463 e. The van der Waals surface area contributed by atoms with Crippen LogP contribution in [-0.4, -0.2) is 30.1 Å². The number of nitro benzene ring substituents is 1. The Labute approximate surface area is 144 Å². The van der Waals surface area contributed by atoms with Gasteiger partial charge in [-0.05, 0) is 19.9 Å². The van der Waals surface area contributed by atoms with E-state index in [0.717, 1.165) is 0 Å². The van der Waals surface area contributed by atoms with Gasteiger partial charge >= 0.3 is 11.9 Å². The van der Waals surface area contributed by atoms with E-state index in [1.807, 2.05) is 0 Å². The molecular weight excluding hydrogens is 328 g/mol. The number of carbonyl (C=O) groups is 2. The fourth-order valence-electron chi connectivity index (χ4n) is 2.34. The molecule has 0 spiro atoms. The minimum absolute atomic E-state index is 0.0365. The Morgan fingerprint density at radius 2 is 1.60 bits per heavy atom. The van der Waals surface area contributed by atoms with E-state index in [-0.39, 0.29) is 42.2 Å². The molecule has 0 aromatic heterocycles. The average molecular weight is 346 g/mol. The molecule has 0 fully saturated rings. The lowest BCUT2D eigenvalue weighted by Gasteiger charge is -2.23. The van der Waals surface area contributed by atoms with Gasteiger partial charge in [0.25, 0.3) is 5.69 Å². The fraction of sp³-hybridized carbons (Fsp3) is 0.294. The number of ether oxygens (including phenoxy) is 2. The number of esters is 2. The molecule has 0 radical (unpaired) electrons. The first-order chi connectivity index (χ1) is 12.0. The molecule has 0 saturated heterocycles. The van der Waals surface area contributed by atoms with Crippen molar-refractivity contribution in [3.8, 4) is 0 Å². The molecular formula is C17H18N2O6. The molecule has 0 amide bonds. The van der Waals surface area contributed by atoms with Crippen molar-refractivity contribution in [3.05, 3.63) is 57.9 Å². The SMILES string of the molecule is CCOC(=O)C1=CN(c2ccccc2[N+](=O)[O-])C=C(C(=O)OCC)C1.